The van der Waals surface area contributed by atoms with Crippen LogP contribution in [-0.2, 0) is 25.6 Å². The molecular weight excluding hydrogens is 296 g/mol. The van der Waals surface area contributed by atoms with Gasteiger partial charge in [-0.25, -0.2) is 9.59 Å². The number of anilines is 1. The van der Waals surface area contributed by atoms with Gasteiger partial charge in [0.25, 0.3) is 0 Å². The molecule has 0 unspecified atom stereocenters. The van der Waals surface area contributed by atoms with Gasteiger partial charge in [-0.15, -0.1) is 0 Å². The second-order valence-corrected chi connectivity index (χ2v) is 4.86. The number of esters is 2. The Morgan fingerprint density at radius 2 is 1.87 bits per heavy atom. The van der Waals surface area contributed by atoms with Gasteiger partial charge in [-0.1, -0.05) is 26.0 Å². The lowest BCUT2D eigenvalue weighted by Crippen LogP contribution is -2.22. The van der Waals surface area contributed by atoms with E-state index in [-0.39, 0.29) is 5.70 Å². The summed E-state index contributed by atoms with van der Waals surface area (Å²) in [5.74, 6) is -1.26. The maximum Gasteiger partial charge on any atom is 0.354 e. The normalized spacial score (nSPS) is 11.3. The van der Waals surface area contributed by atoms with Gasteiger partial charge in [-0.3, -0.25) is 4.90 Å². The highest BCUT2D eigenvalue weighted by Crippen LogP contribution is 2.15. The minimum atomic E-state index is -0.635. The van der Waals surface area contributed by atoms with Crippen molar-refractivity contribution in [2.45, 2.75) is 20.4 Å². The fourth-order valence-corrected chi connectivity index (χ4v) is 2.04. The Labute approximate surface area is 137 Å². The molecule has 0 radical (unpaired) electrons. The number of rotatable bonds is 8. The van der Waals surface area contributed by atoms with E-state index in [1.807, 2.05) is 24.3 Å². The molecule has 0 fully saturated rings. The first-order valence-corrected chi connectivity index (χ1v) is 7.50. The molecule has 0 atom stereocenters. The van der Waals surface area contributed by atoms with Crippen molar-refractivity contribution >= 4 is 17.6 Å². The summed E-state index contributed by atoms with van der Waals surface area (Å²) in [4.78, 5) is 25.4. The highest BCUT2D eigenvalue weighted by molar-refractivity contribution is 5.98. The first-order valence-electron chi connectivity index (χ1n) is 7.50. The van der Waals surface area contributed by atoms with E-state index in [4.69, 9.17) is 0 Å². The molecule has 23 heavy (non-hydrogen) atoms. The van der Waals surface area contributed by atoms with E-state index in [0.29, 0.717) is 5.69 Å². The summed E-state index contributed by atoms with van der Waals surface area (Å²) >= 11 is 0. The largest absolute Gasteiger partial charge is 0.466 e. The van der Waals surface area contributed by atoms with Crippen LogP contribution in [0.4, 0.5) is 5.69 Å². The van der Waals surface area contributed by atoms with E-state index in [1.165, 1.54) is 14.2 Å². The summed E-state index contributed by atoms with van der Waals surface area (Å²) < 4.78 is 9.22. The summed E-state index contributed by atoms with van der Waals surface area (Å²) in [5, 5.41) is 2.91. The van der Waals surface area contributed by atoms with Gasteiger partial charge in [-0.05, 0) is 30.8 Å². The van der Waals surface area contributed by atoms with Crippen LogP contribution in [0, 0.1) is 0 Å². The minimum Gasteiger partial charge on any atom is -0.466 e. The molecule has 0 saturated carbocycles. The highest BCUT2D eigenvalue weighted by Gasteiger charge is 2.13. The Kier molecular flexibility index (Phi) is 7.83. The third-order valence-corrected chi connectivity index (χ3v) is 3.38. The van der Waals surface area contributed by atoms with Crippen molar-refractivity contribution in [3.05, 3.63) is 41.6 Å². The van der Waals surface area contributed by atoms with Crippen molar-refractivity contribution in [1.82, 2.24) is 4.90 Å². The molecule has 0 heterocycles. The molecule has 1 rings (SSSR count). The number of nitrogens with zero attached hydrogens (tertiary/aromatic N) is 1. The summed E-state index contributed by atoms with van der Waals surface area (Å²) in [6, 6.07) is 7.67. The predicted molar refractivity (Wildman–Crippen MR) is 88.8 cm³/mol. The van der Waals surface area contributed by atoms with E-state index in [9.17, 15) is 9.59 Å². The third kappa shape index (κ3) is 6.12. The molecule has 0 aliphatic rings. The van der Waals surface area contributed by atoms with Gasteiger partial charge in [0.1, 0.15) is 5.70 Å². The standard InChI is InChI=1S/C17H24N2O4/c1-5-19(6-2)12-13-8-7-9-14(10-13)18-15(17(21)23-4)11-16(20)22-3/h7-11,18H,5-6,12H2,1-4H3/b15-11+. The number of carbonyl (C=O) groups excluding carboxylic acids is 2. The summed E-state index contributed by atoms with van der Waals surface area (Å²) in [6.45, 7) is 6.96. The molecule has 0 spiro atoms. The van der Waals surface area contributed by atoms with E-state index in [2.05, 4.69) is 33.5 Å². The topological polar surface area (TPSA) is 67.9 Å². The molecular formula is C17H24N2O4. The second kappa shape index (κ2) is 9.63. The van der Waals surface area contributed by atoms with Crippen LogP contribution in [0.5, 0.6) is 0 Å². The van der Waals surface area contributed by atoms with Crippen molar-refractivity contribution < 1.29 is 19.1 Å². The highest BCUT2D eigenvalue weighted by atomic mass is 16.5. The molecule has 0 aliphatic carbocycles. The lowest BCUT2D eigenvalue weighted by molar-refractivity contribution is -0.138. The third-order valence-electron chi connectivity index (χ3n) is 3.38. The van der Waals surface area contributed by atoms with E-state index >= 15 is 0 Å². The Hall–Kier alpha value is -2.34. The SMILES string of the molecule is CCN(CC)Cc1cccc(N/C(=C/C(=O)OC)C(=O)OC)c1. The molecule has 6 heteroatoms. The number of carbonyl (C=O) groups is 2. The first kappa shape index (κ1) is 18.7. The van der Waals surface area contributed by atoms with Crippen LogP contribution >= 0.6 is 0 Å². The van der Waals surface area contributed by atoms with Crippen molar-refractivity contribution in [3.8, 4) is 0 Å². The van der Waals surface area contributed by atoms with Crippen LogP contribution in [0.3, 0.4) is 0 Å². The molecule has 0 aliphatic heterocycles. The van der Waals surface area contributed by atoms with Gasteiger partial charge in [0, 0.05) is 12.2 Å². The average Bonchev–Trinajstić information content (AvgIpc) is 2.58. The summed E-state index contributed by atoms with van der Waals surface area (Å²) in [5.41, 5.74) is 1.84. The molecule has 0 aromatic heterocycles. The fourth-order valence-electron chi connectivity index (χ4n) is 2.04. The van der Waals surface area contributed by atoms with Crippen LogP contribution in [0.1, 0.15) is 19.4 Å². The second-order valence-electron chi connectivity index (χ2n) is 4.86. The lowest BCUT2D eigenvalue weighted by Gasteiger charge is -2.18. The number of nitrogens with one attached hydrogen (secondary N) is 1. The quantitative estimate of drug-likeness (QED) is 0.585. The van der Waals surface area contributed by atoms with Crippen LogP contribution < -0.4 is 5.32 Å². The van der Waals surface area contributed by atoms with Gasteiger partial charge in [0.05, 0.1) is 20.3 Å². The van der Waals surface area contributed by atoms with Crippen LogP contribution in [-0.4, -0.2) is 44.1 Å². The molecule has 6 nitrogen and oxygen atoms in total. The zero-order chi connectivity index (χ0) is 17.2. The predicted octanol–water partition coefficient (Wildman–Crippen LogP) is 2.17. The molecule has 1 aromatic carbocycles. The Bertz CT molecular complexity index is 565. The number of ether oxygens (including phenoxy) is 2. The van der Waals surface area contributed by atoms with Gasteiger partial charge in [-0.2, -0.15) is 0 Å². The Morgan fingerprint density at radius 1 is 1.17 bits per heavy atom. The zero-order valence-electron chi connectivity index (χ0n) is 14.1. The van der Waals surface area contributed by atoms with E-state index < -0.39 is 11.9 Å². The smallest absolute Gasteiger partial charge is 0.354 e. The first-order chi connectivity index (χ1) is 11.0. The van der Waals surface area contributed by atoms with Gasteiger partial charge < -0.3 is 14.8 Å². The summed E-state index contributed by atoms with van der Waals surface area (Å²) in [7, 11) is 2.50. The van der Waals surface area contributed by atoms with E-state index in [0.717, 1.165) is 31.3 Å². The fraction of sp³-hybridized carbons (Fsp3) is 0.412. The van der Waals surface area contributed by atoms with Crippen molar-refractivity contribution in [1.29, 1.82) is 0 Å². The van der Waals surface area contributed by atoms with Crippen molar-refractivity contribution in [3.63, 3.8) is 0 Å². The zero-order valence-corrected chi connectivity index (χ0v) is 14.1. The molecule has 0 saturated heterocycles. The van der Waals surface area contributed by atoms with Crippen LogP contribution in [0.15, 0.2) is 36.0 Å². The van der Waals surface area contributed by atoms with Crippen molar-refractivity contribution in [2.24, 2.45) is 0 Å². The molecule has 0 amide bonds. The Balaban J connectivity index is 2.94. The monoisotopic (exact) mass is 320 g/mol. The van der Waals surface area contributed by atoms with Crippen LogP contribution in [0.25, 0.3) is 0 Å². The summed E-state index contributed by atoms with van der Waals surface area (Å²) in [6.07, 6.45) is 1.07. The van der Waals surface area contributed by atoms with Gasteiger partial charge >= 0.3 is 11.9 Å². The maximum atomic E-state index is 11.8. The minimum absolute atomic E-state index is 0.0272. The lowest BCUT2D eigenvalue weighted by atomic mass is 10.2. The van der Waals surface area contributed by atoms with Crippen molar-refractivity contribution in [2.75, 3.05) is 32.6 Å². The number of hydrogen-bond acceptors (Lipinski definition) is 6. The molecule has 1 aromatic rings. The molecule has 1 N–H and O–H groups in total. The number of methoxy groups -OCH3 is 2. The van der Waals surface area contributed by atoms with Crippen LogP contribution in [0.2, 0.25) is 0 Å². The van der Waals surface area contributed by atoms with Gasteiger partial charge in [0.15, 0.2) is 0 Å². The van der Waals surface area contributed by atoms with E-state index in [1.54, 1.807) is 0 Å². The average molecular weight is 320 g/mol. The molecule has 126 valence electrons. The number of hydrogen-bond donors (Lipinski definition) is 1. The Morgan fingerprint density at radius 3 is 2.43 bits per heavy atom. The van der Waals surface area contributed by atoms with Gasteiger partial charge in [0.2, 0.25) is 0 Å². The number of benzene rings is 1. The molecule has 0 bridgehead atoms. The maximum absolute atomic E-state index is 11.8.